The van der Waals surface area contributed by atoms with Gasteiger partial charge in [-0.1, -0.05) is 24.3 Å². The molecule has 3 amide bonds. The number of carboxylic acids is 1. The number of aromatic hydroxyl groups is 2. The number of carbonyl (C=O) groups is 4. The van der Waals surface area contributed by atoms with Crippen molar-refractivity contribution in [3.05, 3.63) is 59.7 Å². The Morgan fingerprint density at radius 3 is 1.57 bits per heavy atom. The van der Waals surface area contributed by atoms with E-state index in [-0.39, 0.29) is 43.3 Å². The van der Waals surface area contributed by atoms with Crippen LogP contribution in [0.4, 0.5) is 0 Å². The van der Waals surface area contributed by atoms with Crippen molar-refractivity contribution >= 4 is 29.7 Å². The molecule has 0 radical (unpaired) electrons. The first-order valence-corrected chi connectivity index (χ1v) is 13.0. The van der Waals surface area contributed by atoms with Crippen LogP contribution in [-0.2, 0) is 32.0 Å². The van der Waals surface area contributed by atoms with Crippen molar-refractivity contribution in [2.75, 3.05) is 13.2 Å². The van der Waals surface area contributed by atoms with Crippen molar-refractivity contribution in [2.45, 2.75) is 49.9 Å². The third-order valence-electron chi connectivity index (χ3n) is 6.12. The predicted octanol–water partition coefficient (Wildman–Crippen LogP) is -2.20. The Bertz CT molecular complexity index is 1230. The van der Waals surface area contributed by atoms with Gasteiger partial charge in [0, 0.05) is 19.4 Å². The molecule has 42 heavy (non-hydrogen) atoms. The Morgan fingerprint density at radius 2 is 1.17 bits per heavy atom. The molecular formula is C27H37N7O8. The lowest BCUT2D eigenvalue weighted by Gasteiger charge is -2.25. The van der Waals surface area contributed by atoms with E-state index < -0.39 is 54.5 Å². The number of aliphatic hydroxyl groups excluding tert-OH is 1. The fourth-order valence-electron chi connectivity index (χ4n) is 3.81. The topological polar surface area (TPSA) is 276 Å². The molecule has 0 heterocycles. The number of hydrogen-bond acceptors (Lipinski definition) is 9. The van der Waals surface area contributed by atoms with Gasteiger partial charge in [0.15, 0.2) is 5.96 Å². The lowest BCUT2D eigenvalue weighted by atomic mass is 10.0. The van der Waals surface area contributed by atoms with Crippen molar-refractivity contribution in [1.29, 1.82) is 0 Å². The van der Waals surface area contributed by atoms with Gasteiger partial charge in [0.25, 0.3) is 0 Å². The van der Waals surface area contributed by atoms with Gasteiger partial charge in [0.2, 0.25) is 17.7 Å². The first-order valence-electron chi connectivity index (χ1n) is 13.0. The van der Waals surface area contributed by atoms with E-state index in [0.717, 1.165) is 0 Å². The quantitative estimate of drug-likeness (QED) is 0.0571. The van der Waals surface area contributed by atoms with Crippen molar-refractivity contribution in [2.24, 2.45) is 22.2 Å². The number of aliphatic carboxylic acids is 1. The summed E-state index contributed by atoms with van der Waals surface area (Å²) in [6.07, 6.45) is 0.450. The molecule has 0 bridgehead atoms. The first-order chi connectivity index (χ1) is 19.9. The van der Waals surface area contributed by atoms with Crippen molar-refractivity contribution in [3.8, 4) is 11.5 Å². The van der Waals surface area contributed by atoms with Gasteiger partial charge in [-0.3, -0.25) is 19.4 Å². The first kappa shape index (κ1) is 33.3. The summed E-state index contributed by atoms with van der Waals surface area (Å²) in [6, 6.07) is 6.51. The standard InChI is InChI=1S/C27H37N7O8/c28-19(2-1-11-31-27(29)30)23(38)32-20(12-15-3-7-17(36)8-4-15)24(39)33-21(13-16-5-9-18(37)10-6-16)25(40)34-22(14-35)26(41)42/h3-10,19-22,35-37H,1-2,11-14,28H2,(H,32,38)(H,33,39)(H,34,40)(H,41,42)(H4,29,30,31). The minimum absolute atomic E-state index is 0.00548. The highest BCUT2D eigenvalue weighted by atomic mass is 16.4. The number of nitrogens with zero attached hydrogens (tertiary/aromatic N) is 1. The third-order valence-corrected chi connectivity index (χ3v) is 6.12. The minimum Gasteiger partial charge on any atom is -0.508 e. The van der Waals surface area contributed by atoms with Gasteiger partial charge < -0.3 is 53.6 Å². The molecule has 228 valence electrons. The molecule has 2 aromatic rings. The van der Waals surface area contributed by atoms with E-state index in [1.807, 2.05) is 0 Å². The number of nitrogens with one attached hydrogen (secondary N) is 3. The van der Waals surface area contributed by atoms with Gasteiger partial charge in [-0.15, -0.1) is 0 Å². The molecule has 0 aromatic heterocycles. The van der Waals surface area contributed by atoms with Gasteiger partial charge in [0.1, 0.15) is 29.6 Å². The zero-order valence-electron chi connectivity index (χ0n) is 22.8. The molecule has 2 aromatic carbocycles. The summed E-state index contributed by atoms with van der Waals surface area (Å²) in [5, 5.41) is 45.1. The summed E-state index contributed by atoms with van der Waals surface area (Å²) < 4.78 is 0. The van der Waals surface area contributed by atoms with Crippen LogP contribution in [0.15, 0.2) is 53.5 Å². The van der Waals surface area contributed by atoms with E-state index in [1.54, 1.807) is 12.1 Å². The monoisotopic (exact) mass is 587 g/mol. The Hall–Kier alpha value is -4.89. The van der Waals surface area contributed by atoms with Gasteiger partial charge in [-0.25, -0.2) is 4.79 Å². The summed E-state index contributed by atoms with van der Waals surface area (Å²) in [7, 11) is 0. The predicted molar refractivity (Wildman–Crippen MR) is 152 cm³/mol. The second-order valence-corrected chi connectivity index (χ2v) is 9.50. The molecule has 15 heteroatoms. The molecule has 0 aliphatic heterocycles. The second-order valence-electron chi connectivity index (χ2n) is 9.50. The average molecular weight is 588 g/mol. The Morgan fingerprint density at radius 1 is 0.738 bits per heavy atom. The zero-order chi connectivity index (χ0) is 31.2. The lowest BCUT2D eigenvalue weighted by molar-refractivity contribution is -0.143. The van der Waals surface area contributed by atoms with Crippen LogP contribution in [0, 0.1) is 0 Å². The second kappa shape index (κ2) is 16.4. The largest absolute Gasteiger partial charge is 0.508 e. The van der Waals surface area contributed by atoms with Crippen molar-refractivity contribution in [1.82, 2.24) is 16.0 Å². The van der Waals surface area contributed by atoms with Crippen LogP contribution in [0.3, 0.4) is 0 Å². The van der Waals surface area contributed by atoms with Gasteiger partial charge in [-0.2, -0.15) is 0 Å². The molecule has 0 aliphatic rings. The maximum Gasteiger partial charge on any atom is 0.328 e. The van der Waals surface area contributed by atoms with E-state index in [0.29, 0.717) is 17.5 Å². The van der Waals surface area contributed by atoms with Crippen molar-refractivity contribution < 1.29 is 39.6 Å². The van der Waals surface area contributed by atoms with Gasteiger partial charge in [0.05, 0.1) is 12.6 Å². The highest BCUT2D eigenvalue weighted by Crippen LogP contribution is 2.14. The number of aliphatic imine (C=N–C) groups is 1. The van der Waals surface area contributed by atoms with Crippen LogP contribution in [0.5, 0.6) is 11.5 Å². The molecule has 4 atom stereocenters. The Kier molecular flexibility index (Phi) is 13.0. The highest BCUT2D eigenvalue weighted by Gasteiger charge is 2.30. The number of amides is 3. The number of aliphatic hydroxyl groups is 1. The van der Waals surface area contributed by atoms with E-state index in [4.69, 9.17) is 17.2 Å². The molecule has 2 rings (SSSR count). The van der Waals surface area contributed by atoms with Crippen LogP contribution >= 0.6 is 0 Å². The molecule has 0 fully saturated rings. The van der Waals surface area contributed by atoms with Crippen LogP contribution < -0.4 is 33.2 Å². The van der Waals surface area contributed by atoms with E-state index >= 15 is 0 Å². The number of rotatable bonds is 16. The summed E-state index contributed by atoms with van der Waals surface area (Å²) in [5.74, 6) is -3.94. The molecule has 0 saturated carbocycles. The van der Waals surface area contributed by atoms with Crippen LogP contribution in [-0.4, -0.2) is 87.4 Å². The number of nitrogens with two attached hydrogens (primary N) is 3. The highest BCUT2D eigenvalue weighted by molar-refractivity contribution is 5.94. The Balaban J connectivity index is 2.27. The maximum atomic E-state index is 13.5. The molecule has 0 saturated heterocycles. The normalized spacial score (nSPS) is 13.6. The summed E-state index contributed by atoms with van der Waals surface area (Å²) in [4.78, 5) is 54.7. The van der Waals surface area contributed by atoms with E-state index in [9.17, 15) is 39.6 Å². The number of phenolic OH excluding ortho intramolecular Hbond substituents is 2. The fraction of sp³-hybridized carbons (Fsp3) is 0.370. The van der Waals surface area contributed by atoms with Gasteiger partial charge >= 0.3 is 5.97 Å². The number of carboxylic acid groups (broad SMARTS) is 1. The maximum absolute atomic E-state index is 13.5. The molecule has 15 nitrogen and oxygen atoms in total. The van der Waals surface area contributed by atoms with Crippen LogP contribution in [0.2, 0.25) is 0 Å². The minimum atomic E-state index is -1.62. The van der Waals surface area contributed by atoms with E-state index in [2.05, 4.69) is 20.9 Å². The SMILES string of the molecule is NC(N)=NCCCC(N)C(=O)NC(Cc1ccc(O)cc1)C(=O)NC(Cc1ccc(O)cc1)C(=O)NC(CO)C(=O)O. The van der Waals surface area contributed by atoms with Gasteiger partial charge in [-0.05, 0) is 48.2 Å². The summed E-state index contributed by atoms with van der Waals surface area (Å²) in [5.41, 5.74) is 17.7. The smallest absolute Gasteiger partial charge is 0.328 e. The fourth-order valence-corrected chi connectivity index (χ4v) is 3.81. The average Bonchev–Trinajstić information content (AvgIpc) is 2.94. The molecular weight excluding hydrogens is 550 g/mol. The Labute approximate surface area is 241 Å². The molecule has 13 N–H and O–H groups in total. The zero-order valence-corrected chi connectivity index (χ0v) is 22.8. The summed E-state index contributed by atoms with van der Waals surface area (Å²) >= 11 is 0. The summed E-state index contributed by atoms with van der Waals surface area (Å²) in [6.45, 7) is -0.637. The number of guanidine groups is 1. The van der Waals surface area contributed by atoms with Crippen LogP contribution in [0.1, 0.15) is 24.0 Å². The number of phenols is 2. The molecule has 4 unspecified atom stereocenters. The van der Waals surface area contributed by atoms with Crippen molar-refractivity contribution in [3.63, 3.8) is 0 Å². The third kappa shape index (κ3) is 11.3. The van der Waals surface area contributed by atoms with Crippen LogP contribution in [0.25, 0.3) is 0 Å². The van der Waals surface area contributed by atoms with E-state index in [1.165, 1.54) is 36.4 Å². The number of benzene rings is 2. The number of carbonyl (C=O) groups excluding carboxylic acids is 3. The molecule has 0 aliphatic carbocycles. The number of hydrogen-bond donors (Lipinski definition) is 10. The molecule has 0 spiro atoms. The lowest BCUT2D eigenvalue weighted by Crippen LogP contribution is -2.58.